The van der Waals surface area contributed by atoms with Gasteiger partial charge in [-0.3, -0.25) is 9.79 Å². The van der Waals surface area contributed by atoms with E-state index in [0.29, 0.717) is 6.42 Å². The quantitative estimate of drug-likeness (QED) is 0.228. The average molecular weight is 532 g/mol. The fraction of sp³-hybridized carbons (Fsp3) is 0.108. The summed E-state index contributed by atoms with van der Waals surface area (Å²) in [6, 6.07) is 50.4. The molecule has 0 aromatic heterocycles. The molecule has 2 aliphatic rings. The van der Waals surface area contributed by atoms with E-state index in [1.54, 1.807) is 5.01 Å². The molecule has 2 aliphatic heterocycles. The molecule has 7 rings (SSSR count). The Labute approximate surface area is 240 Å². The molecule has 41 heavy (non-hydrogen) atoms. The van der Waals surface area contributed by atoms with Crippen LogP contribution in [0.25, 0.3) is 0 Å². The van der Waals surface area contributed by atoms with Crippen molar-refractivity contribution in [2.75, 3.05) is 5.01 Å². The van der Waals surface area contributed by atoms with Crippen LogP contribution in [0, 0.1) is 5.41 Å². The molecule has 3 atom stereocenters. The van der Waals surface area contributed by atoms with Crippen molar-refractivity contribution in [3.63, 3.8) is 0 Å². The highest BCUT2D eigenvalue weighted by molar-refractivity contribution is 6.27. The highest BCUT2D eigenvalue weighted by Gasteiger charge is 2.63. The van der Waals surface area contributed by atoms with Gasteiger partial charge in [-0.2, -0.15) is 10.1 Å². The Bertz CT molecular complexity index is 1720. The van der Waals surface area contributed by atoms with Crippen LogP contribution in [0.3, 0.4) is 0 Å². The molecule has 0 bridgehead atoms. The van der Waals surface area contributed by atoms with Crippen LogP contribution in [0.15, 0.2) is 162 Å². The second-order valence-electron chi connectivity index (χ2n) is 10.6. The number of hydrazone groups is 1. The molecule has 4 nitrogen and oxygen atoms in total. The number of anilines is 1. The van der Waals surface area contributed by atoms with Gasteiger partial charge in [0.15, 0.2) is 0 Å². The number of rotatable bonds is 5. The first-order valence-corrected chi connectivity index (χ1v) is 14.0. The van der Waals surface area contributed by atoms with Crippen molar-refractivity contribution in [1.82, 2.24) is 0 Å². The maximum atomic E-state index is 15.2. The molecule has 0 N–H and O–H groups in total. The molecule has 5 aromatic rings. The summed E-state index contributed by atoms with van der Waals surface area (Å²) in [5.41, 5.74) is 5.53. The first-order valence-electron chi connectivity index (χ1n) is 14.0. The van der Waals surface area contributed by atoms with Crippen LogP contribution < -0.4 is 5.01 Å². The number of carbonyl (C=O) groups excluding carboxylic acids is 1. The fourth-order valence-electron chi connectivity index (χ4n) is 6.42. The first-order chi connectivity index (χ1) is 20.3. The molecule has 0 radical (unpaired) electrons. The van der Waals surface area contributed by atoms with E-state index in [-0.39, 0.29) is 11.8 Å². The Morgan fingerprint density at radius 1 is 0.585 bits per heavy atom. The minimum absolute atomic E-state index is 0.0545. The Morgan fingerprint density at radius 3 is 1.66 bits per heavy atom. The summed E-state index contributed by atoms with van der Waals surface area (Å²) in [5.74, 6) is -0.261. The number of para-hydroxylation sites is 1. The maximum Gasteiger partial charge on any atom is 0.262 e. The average Bonchev–Trinajstić information content (AvgIpc) is 3.35. The van der Waals surface area contributed by atoms with E-state index < -0.39 is 11.5 Å². The number of hydrogen-bond acceptors (Lipinski definition) is 3. The van der Waals surface area contributed by atoms with Gasteiger partial charge in [0.1, 0.15) is 5.41 Å². The molecule has 1 spiro atoms. The molecule has 0 saturated heterocycles. The molecule has 0 unspecified atom stereocenters. The van der Waals surface area contributed by atoms with Gasteiger partial charge in [0.25, 0.3) is 5.91 Å². The number of hydrogen-bond donors (Lipinski definition) is 0. The van der Waals surface area contributed by atoms with Crippen LogP contribution in [-0.2, 0) is 4.79 Å². The van der Waals surface area contributed by atoms with Crippen molar-refractivity contribution in [2.24, 2.45) is 15.5 Å². The van der Waals surface area contributed by atoms with Gasteiger partial charge >= 0.3 is 0 Å². The summed E-state index contributed by atoms with van der Waals surface area (Å²) >= 11 is 0. The minimum atomic E-state index is -1.07. The number of amides is 1. The van der Waals surface area contributed by atoms with Crippen LogP contribution in [0.1, 0.15) is 40.6 Å². The van der Waals surface area contributed by atoms with E-state index in [9.17, 15) is 0 Å². The molecule has 5 aromatic carbocycles. The first kappa shape index (κ1) is 24.9. The highest BCUT2D eigenvalue weighted by Crippen LogP contribution is 2.58. The number of nitrogens with zero attached hydrogens (tertiary/aromatic N) is 3. The zero-order valence-corrected chi connectivity index (χ0v) is 22.5. The normalized spacial score (nSPS) is 22.0. The summed E-state index contributed by atoms with van der Waals surface area (Å²) in [6.45, 7) is 0. The summed E-state index contributed by atoms with van der Waals surface area (Å²) in [5, 5.41) is 6.78. The van der Waals surface area contributed by atoms with Crippen molar-refractivity contribution in [3.8, 4) is 0 Å². The monoisotopic (exact) mass is 531 g/mol. The number of carbonyl (C=O) groups is 1. The number of aliphatic imine (C=N–C) groups is 1. The van der Waals surface area contributed by atoms with Gasteiger partial charge in [-0.05, 0) is 40.8 Å². The molecule has 0 fully saturated rings. The van der Waals surface area contributed by atoms with Gasteiger partial charge in [0.2, 0.25) is 0 Å². The molecular formula is C37H29N3O. The van der Waals surface area contributed by atoms with E-state index in [1.165, 1.54) is 0 Å². The van der Waals surface area contributed by atoms with Crippen molar-refractivity contribution >= 4 is 23.0 Å². The molecule has 1 amide bonds. The van der Waals surface area contributed by atoms with E-state index in [0.717, 1.165) is 39.4 Å². The third-order valence-corrected chi connectivity index (χ3v) is 8.27. The predicted octanol–water partition coefficient (Wildman–Crippen LogP) is 7.84. The summed E-state index contributed by atoms with van der Waals surface area (Å²) in [4.78, 5) is 20.7. The second kappa shape index (κ2) is 10.5. The summed E-state index contributed by atoms with van der Waals surface area (Å²) in [7, 11) is 0. The van der Waals surface area contributed by atoms with Crippen molar-refractivity contribution in [3.05, 3.63) is 174 Å². The number of benzene rings is 5. The Balaban J connectivity index is 1.55. The maximum absolute atomic E-state index is 15.2. The lowest BCUT2D eigenvalue weighted by atomic mass is 9.58. The minimum Gasteiger partial charge on any atom is -0.279 e. The van der Waals surface area contributed by atoms with Crippen molar-refractivity contribution < 1.29 is 4.79 Å². The lowest BCUT2D eigenvalue weighted by molar-refractivity contribution is -0.126. The Kier molecular flexibility index (Phi) is 6.36. The Morgan fingerprint density at radius 2 is 1.07 bits per heavy atom. The molecule has 198 valence electrons. The SMILES string of the molecule is O=C1N(c2ccccc2)N=C(c2ccccc2)[C@@]12[C@@H](c1ccccc1)N=C(c1ccccc1)C[C@H]2c1ccccc1. The highest BCUT2D eigenvalue weighted by atomic mass is 16.2. The van der Waals surface area contributed by atoms with E-state index in [4.69, 9.17) is 10.1 Å². The smallest absolute Gasteiger partial charge is 0.262 e. The largest absolute Gasteiger partial charge is 0.279 e. The van der Waals surface area contributed by atoms with Gasteiger partial charge in [0, 0.05) is 11.6 Å². The lowest BCUT2D eigenvalue weighted by Gasteiger charge is -2.45. The van der Waals surface area contributed by atoms with Crippen LogP contribution in [0.2, 0.25) is 0 Å². The van der Waals surface area contributed by atoms with Crippen LogP contribution in [0.4, 0.5) is 5.69 Å². The van der Waals surface area contributed by atoms with Gasteiger partial charge in [-0.25, -0.2) is 0 Å². The van der Waals surface area contributed by atoms with Crippen molar-refractivity contribution in [2.45, 2.75) is 18.4 Å². The third kappa shape index (κ3) is 4.20. The van der Waals surface area contributed by atoms with Gasteiger partial charge in [0.05, 0.1) is 17.4 Å². The molecular weight excluding hydrogens is 502 g/mol. The second-order valence-corrected chi connectivity index (χ2v) is 10.6. The lowest BCUT2D eigenvalue weighted by Crippen LogP contribution is -2.51. The summed E-state index contributed by atoms with van der Waals surface area (Å²) < 4.78 is 0. The van der Waals surface area contributed by atoms with Gasteiger partial charge in [-0.15, -0.1) is 0 Å². The van der Waals surface area contributed by atoms with Gasteiger partial charge in [-0.1, -0.05) is 140 Å². The van der Waals surface area contributed by atoms with Crippen LogP contribution >= 0.6 is 0 Å². The Hall–Kier alpha value is -5.09. The molecule has 0 saturated carbocycles. The predicted molar refractivity (Wildman–Crippen MR) is 165 cm³/mol. The zero-order chi connectivity index (χ0) is 27.6. The zero-order valence-electron chi connectivity index (χ0n) is 22.5. The molecule has 0 aliphatic carbocycles. The van der Waals surface area contributed by atoms with Gasteiger partial charge < -0.3 is 0 Å². The third-order valence-electron chi connectivity index (χ3n) is 8.27. The van der Waals surface area contributed by atoms with Crippen LogP contribution in [-0.4, -0.2) is 17.3 Å². The standard InChI is InChI=1S/C37H29N3O/c41-36-37(35(30-22-12-4-13-23-30)39-40(36)31-24-14-5-15-25-31)32(27-16-6-1-7-17-27)26-33(28-18-8-2-9-19-28)38-34(37)29-20-10-3-11-21-29/h1-25,32,34H,26H2/t32-,34+,37+/m0/s1. The fourth-order valence-corrected chi connectivity index (χ4v) is 6.42. The van der Waals surface area contributed by atoms with E-state index in [1.807, 2.05) is 91.0 Å². The van der Waals surface area contributed by atoms with E-state index in [2.05, 4.69) is 60.7 Å². The molecule has 4 heteroatoms. The van der Waals surface area contributed by atoms with E-state index >= 15 is 4.79 Å². The van der Waals surface area contributed by atoms with Crippen molar-refractivity contribution in [1.29, 1.82) is 0 Å². The molecule has 2 heterocycles. The van der Waals surface area contributed by atoms with Crippen LogP contribution in [0.5, 0.6) is 0 Å². The summed E-state index contributed by atoms with van der Waals surface area (Å²) in [6.07, 6.45) is 0.609. The topological polar surface area (TPSA) is 45.0 Å².